The van der Waals surface area contributed by atoms with E-state index in [1.54, 1.807) is 0 Å². The van der Waals surface area contributed by atoms with E-state index in [1.807, 2.05) is 54.3 Å². The predicted molar refractivity (Wildman–Crippen MR) is 100 cm³/mol. The summed E-state index contributed by atoms with van der Waals surface area (Å²) in [6, 6.07) is 13.3. The molecule has 1 fully saturated rings. The van der Waals surface area contributed by atoms with Crippen molar-refractivity contribution in [3.8, 4) is 0 Å². The number of aromatic nitrogens is 2. The summed E-state index contributed by atoms with van der Waals surface area (Å²) in [5.41, 5.74) is 3.92. The van der Waals surface area contributed by atoms with Gasteiger partial charge in [0.25, 0.3) is 5.91 Å². The van der Waals surface area contributed by atoms with Crippen LogP contribution >= 0.6 is 0 Å². The molecule has 3 N–H and O–H groups in total. The van der Waals surface area contributed by atoms with Crippen LogP contribution in [0.3, 0.4) is 0 Å². The summed E-state index contributed by atoms with van der Waals surface area (Å²) in [5.74, 6) is -0.235. The fourth-order valence-electron chi connectivity index (χ4n) is 3.11. The number of amides is 2. The van der Waals surface area contributed by atoms with Gasteiger partial charge in [0, 0.05) is 29.9 Å². The summed E-state index contributed by atoms with van der Waals surface area (Å²) in [6.45, 7) is 3.75. The van der Waals surface area contributed by atoms with Gasteiger partial charge < -0.3 is 15.5 Å². The molecule has 7 nitrogen and oxygen atoms in total. The average molecular weight is 349 g/mol. The number of hydrogen-bond donors (Lipinski definition) is 3. The van der Waals surface area contributed by atoms with E-state index in [-0.39, 0.29) is 11.8 Å². The first-order valence-electron chi connectivity index (χ1n) is 8.48. The summed E-state index contributed by atoms with van der Waals surface area (Å²) in [5, 5.41) is 13.5. The number of rotatable bonds is 3. The lowest BCUT2D eigenvalue weighted by Gasteiger charge is -2.28. The molecule has 2 aromatic carbocycles. The van der Waals surface area contributed by atoms with E-state index in [1.165, 1.54) is 0 Å². The Labute approximate surface area is 150 Å². The number of piperazine rings is 1. The number of hydrogen-bond acceptors (Lipinski definition) is 4. The minimum atomic E-state index is -0.257. The molecule has 0 unspecified atom stereocenters. The summed E-state index contributed by atoms with van der Waals surface area (Å²) in [4.78, 5) is 26.1. The topological polar surface area (TPSA) is 90.1 Å². The van der Waals surface area contributed by atoms with Crippen LogP contribution in [0.2, 0.25) is 0 Å². The van der Waals surface area contributed by atoms with Gasteiger partial charge in [-0.3, -0.25) is 14.7 Å². The van der Waals surface area contributed by atoms with Crippen LogP contribution in [0.5, 0.6) is 0 Å². The van der Waals surface area contributed by atoms with Crippen molar-refractivity contribution in [3.63, 3.8) is 0 Å². The van der Waals surface area contributed by atoms with E-state index in [9.17, 15) is 9.59 Å². The maximum absolute atomic E-state index is 12.6. The van der Waals surface area contributed by atoms with Gasteiger partial charge in [0.05, 0.1) is 12.1 Å². The van der Waals surface area contributed by atoms with Crippen LogP contribution < -0.4 is 15.5 Å². The van der Waals surface area contributed by atoms with Gasteiger partial charge in [-0.1, -0.05) is 11.6 Å². The molecule has 0 aliphatic carbocycles. The molecule has 2 heterocycles. The molecular formula is C19H19N5O2. The van der Waals surface area contributed by atoms with Crippen molar-refractivity contribution in [1.82, 2.24) is 15.5 Å². The Hall–Kier alpha value is -3.35. The SMILES string of the molecule is Cc1ccc2[nH]nc(C(=O)Nc3ccc(N4CCNC(=O)C4)cc3)c2c1. The Morgan fingerprint density at radius 1 is 1.19 bits per heavy atom. The Kier molecular flexibility index (Phi) is 4.04. The molecule has 4 rings (SSSR count). The number of benzene rings is 2. The zero-order valence-corrected chi connectivity index (χ0v) is 14.4. The molecule has 0 saturated carbocycles. The van der Waals surface area contributed by atoms with E-state index in [2.05, 4.69) is 20.8 Å². The second-order valence-corrected chi connectivity index (χ2v) is 6.39. The zero-order chi connectivity index (χ0) is 18.1. The Morgan fingerprint density at radius 3 is 2.77 bits per heavy atom. The summed E-state index contributed by atoms with van der Waals surface area (Å²) in [7, 11) is 0. The number of aromatic amines is 1. The molecule has 3 aromatic rings. The number of nitrogens with one attached hydrogen (secondary N) is 3. The monoisotopic (exact) mass is 349 g/mol. The average Bonchev–Trinajstić information content (AvgIpc) is 3.05. The second-order valence-electron chi connectivity index (χ2n) is 6.39. The highest BCUT2D eigenvalue weighted by Gasteiger charge is 2.17. The molecule has 0 atom stereocenters. The predicted octanol–water partition coefficient (Wildman–Crippen LogP) is 2.06. The first-order chi connectivity index (χ1) is 12.6. The third-order valence-corrected chi connectivity index (χ3v) is 4.46. The van der Waals surface area contributed by atoms with Gasteiger partial charge in [0.15, 0.2) is 5.69 Å². The van der Waals surface area contributed by atoms with Gasteiger partial charge in [0.1, 0.15) is 0 Å². The molecule has 1 aliphatic heterocycles. The Bertz CT molecular complexity index is 977. The van der Waals surface area contributed by atoms with Gasteiger partial charge in [-0.25, -0.2) is 0 Å². The third-order valence-electron chi connectivity index (χ3n) is 4.46. The van der Waals surface area contributed by atoms with E-state index in [0.29, 0.717) is 24.5 Å². The summed E-state index contributed by atoms with van der Waals surface area (Å²) in [6.07, 6.45) is 0. The number of anilines is 2. The van der Waals surface area contributed by atoms with Crippen molar-refractivity contribution in [2.45, 2.75) is 6.92 Å². The quantitative estimate of drug-likeness (QED) is 0.675. The molecular weight excluding hydrogens is 330 g/mol. The van der Waals surface area contributed by atoms with E-state index in [0.717, 1.165) is 28.7 Å². The number of aryl methyl sites for hydroxylation is 1. The molecule has 26 heavy (non-hydrogen) atoms. The van der Waals surface area contributed by atoms with Crippen molar-refractivity contribution >= 4 is 34.1 Å². The highest BCUT2D eigenvalue weighted by atomic mass is 16.2. The van der Waals surface area contributed by atoms with Gasteiger partial charge in [-0.15, -0.1) is 0 Å². The standard InChI is InChI=1S/C19H19N5O2/c1-12-2-7-16-15(10-12)18(23-22-16)19(26)21-13-3-5-14(6-4-13)24-9-8-20-17(25)11-24/h2-7,10H,8-9,11H2,1H3,(H,20,25)(H,21,26)(H,22,23). The molecule has 132 valence electrons. The second kappa shape index (κ2) is 6.51. The fourth-order valence-corrected chi connectivity index (χ4v) is 3.11. The van der Waals surface area contributed by atoms with Crippen LogP contribution in [-0.4, -0.2) is 41.6 Å². The number of carbonyl (C=O) groups excluding carboxylic acids is 2. The third kappa shape index (κ3) is 3.11. The van der Waals surface area contributed by atoms with Gasteiger partial charge in [-0.05, 0) is 43.3 Å². The normalized spacial score (nSPS) is 14.3. The zero-order valence-electron chi connectivity index (χ0n) is 14.4. The number of fused-ring (bicyclic) bond motifs is 1. The molecule has 0 bridgehead atoms. The van der Waals surface area contributed by atoms with Crippen molar-refractivity contribution in [2.24, 2.45) is 0 Å². The minimum absolute atomic E-state index is 0.0225. The molecule has 1 saturated heterocycles. The lowest BCUT2D eigenvalue weighted by atomic mass is 10.1. The number of carbonyl (C=O) groups is 2. The minimum Gasteiger partial charge on any atom is -0.360 e. The summed E-state index contributed by atoms with van der Waals surface area (Å²) < 4.78 is 0. The van der Waals surface area contributed by atoms with Crippen molar-refractivity contribution < 1.29 is 9.59 Å². The maximum atomic E-state index is 12.6. The Morgan fingerprint density at radius 2 is 2.00 bits per heavy atom. The Balaban J connectivity index is 1.50. The van der Waals surface area contributed by atoms with Gasteiger partial charge in [-0.2, -0.15) is 5.10 Å². The van der Waals surface area contributed by atoms with Crippen LogP contribution in [0, 0.1) is 6.92 Å². The molecule has 0 spiro atoms. The smallest absolute Gasteiger partial charge is 0.276 e. The summed E-state index contributed by atoms with van der Waals surface area (Å²) >= 11 is 0. The van der Waals surface area contributed by atoms with Crippen LogP contribution in [0.1, 0.15) is 16.1 Å². The number of H-pyrrole nitrogens is 1. The highest BCUT2D eigenvalue weighted by Crippen LogP contribution is 2.21. The maximum Gasteiger partial charge on any atom is 0.276 e. The number of nitrogens with zero attached hydrogens (tertiary/aromatic N) is 2. The van der Waals surface area contributed by atoms with Crippen LogP contribution in [-0.2, 0) is 4.79 Å². The first kappa shape index (κ1) is 16.1. The van der Waals surface area contributed by atoms with Crippen LogP contribution in [0.15, 0.2) is 42.5 Å². The van der Waals surface area contributed by atoms with Crippen molar-refractivity contribution in [2.75, 3.05) is 29.9 Å². The van der Waals surface area contributed by atoms with Crippen molar-refractivity contribution in [3.05, 3.63) is 53.7 Å². The van der Waals surface area contributed by atoms with Gasteiger partial charge in [0.2, 0.25) is 5.91 Å². The molecule has 2 amide bonds. The fraction of sp³-hybridized carbons (Fsp3) is 0.211. The van der Waals surface area contributed by atoms with Crippen molar-refractivity contribution in [1.29, 1.82) is 0 Å². The lowest BCUT2D eigenvalue weighted by molar-refractivity contribution is -0.120. The van der Waals surface area contributed by atoms with E-state index < -0.39 is 0 Å². The van der Waals surface area contributed by atoms with E-state index in [4.69, 9.17) is 0 Å². The first-order valence-corrected chi connectivity index (χ1v) is 8.48. The molecule has 0 radical (unpaired) electrons. The van der Waals surface area contributed by atoms with Crippen LogP contribution in [0.25, 0.3) is 10.9 Å². The molecule has 1 aliphatic rings. The molecule has 1 aromatic heterocycles. The van der Waals surface area contributed by atoms with E-state index >= 15 is 0 Å². The molecule has 7 heteroatoms. The largest absolute Gasteiger partial charge is 0.360 e. The van der Waals surface area contributed by atoms with Crippen LogP contribution in [0.4, 0.5) is 11.4 Å². The highest BCUT2D eigenvalue weighted by molar-refractivity contribution is 6.11. The van der Waals surface area contributed by atoms with Gasteiger partial charge >= 0.3 is 0 Å². The lowest BCUT2D eigenvalue weighted by Crippen LogP contribution is -2.47.